The van der Waals surface area contributed by atoms with Crippen molar-refractivity contribution in [3.8, 4) is 0 Å². The highest BCUT2D eigenvalue weighted by molar-refractivity contribution is 5.79. The van der Waals surface area contributed by atoms with Gasteiger partial charge in [-0.05, 0) is 55.2 Å². The van der Waals surface area contributed by atoms with E-state index in [1.165, 1.54) is 31.4 Å². The molecular weight excluding hydrogens is 260 g/mol. The number of amides is 1. The highest BCUT2D eigenvalue weighted by Gasteiger charge is 2.42. The Morgan fingerprint density at radius 2 is 1.90 bits per heavy atom. The first-order chi connectivity index (χ1) is 9.61. The molecule has 0 saturated heterocycles. The standard InChI is InChI=1S/C16H19F2NO/c17-13-6-11(7-14(18)9-13)3-4-19-16(20)15-8-10-1-2-12(15)5-10/h6-7,9-10,12,15H,1-5,8H2,(H,19,20)/t10-,12-,15+/m0/s1. The van der Waals surface area contributed by atoms with Crippen molar-refractivity contribution < 1.29 is 13.6 Å². The molecule has 1 amide bonds. The van der Waals surface area contributed by atoms with Crippen LogP contribution >= 0.6 is 0 Å². The summed E-state index contributed by atoms with van der Waals surface area (Å²) in [6.45, 7) is 0.440. The number of halogens is 2. The van der Waals surface area contributed by atoms with E-state index in [4.69, 9.17) is 0 Å². The Morgan fingerprint density at radius 3 is 2.50 bits per heavy atom. The summed E-state index contributed by atoms with van der Waals surface area (Å²) in [7, 11) is 0. The van der Waals surface area contributed by atoms with Crippen LogP contribution in [-0.4, -0.2) is 12.5 Å². The van der Waals surface area contributed by atoms with E-state index in [0.717, 1.165) is 18.4 Å². The normalized spacial score (nSPS) is 27.8. The van der Waals surface area contributed by atoms with Crippen molar-refractivity contribution in [3.05, 3.63) is 35.4 Å². The number of nitrogens with one attached hydrogen (secondary N) is 1. The van der Waals surface area contributed by atoms with Crippen LogP contribution in [0.4, 0.5) is 8.78 Å². The van der Waals surface area contributed by atoms with Crippen molar-refractivity contribution in [1.82, 2.24) is 5.32 Å². The van der Waals surface area contributed by atoms with Crippen LogP contribution in [0.5, 0.6) is 0 Å². The molecule has 2 aliphatic rings. The lowest BCUT2D eigenvalue weighted by molar-refractivity contribution is -0.126. The predicted octanol–water partition coefficient (Wildman–Crippen LogP) is 3.06. The lowest BCUT2D eigenvalue weighted by Gasteiger charge is -2.20. The van der Waals surface area contributed by atoms with Crippen LogP contribution in [0.1, 0.15) is 31.2 Å². The highest BCUT2D eigenvalue weighted by Crippen LogP contribution is 2.48. The third kappa shape index (κ3) is 2.84. The number of carbonyl (C=O) groups is 1. The number of carbonyl (C=O) groups excluding carboxylic acids is 1. The molecule has 0 aromatic heterocycles. The van der Waals surface area contributed by atoms with E-state index in [0.29, 0.717) is 24.4 Å². The zero-order valence-corrected chi connectivity index (χ0v) is 11.4. The summed E-state index contributed by atoms with van der Waals surface area (Å²) in [4.78, 5) is 12.1. The van der Waals surface area contributed by atoms with Crippen LogP contribution in [0.3, 0.4) is 0 Å². The minimum absolute atomic E-state index is 0.120. The molecule has 20 heavy (non-hydrogen) atoms. The minimum atomic E-state index is -0.570. The number of hydrogen-bond acceptors (Lipinski definition) is 1. The van der Waals surface area contributed by atoms with Gasteiger partial charge in [-0.1, -0.05) is 6.42 Å². The summed E-state index contributed by atoms with van der Waals surface area (Å²) in [6.07, 6.45) is 5.13. The molecule has 2 saturated carbocycles. The topological polar surface area (TPSA) is 29.1 Å². The van der Waals surface area contributed by atoms with Gasteiger partial charge in [0.15, 0.2) is 0 Å². The van der Waals surface area contributed by atoms with Crippen LogP contribution in [-0.2, 0) is 11.2 Å². The van der Waals surface area contributed by atoms with Gasteiger partial charge in [-0.2, -0.15) is 0 Å². The lowest BCUT2D eigenvalue weighted by Crippen LogP contribution is -2.34. The number of hydrogen-bond donors (Lipinski definition) is 1. The van der Waals surface area contributed by atoms with Crippen molar-refractivity contribution in [1.29, 1.82) is 0 Å². The quantitative estimate of drug-likeness (QED) is 0.901. The Labute approximate surface area is 117 Å². The summed E-state index contributed by atoms with van der Waals surface area (Å²) in [5.74, 6) is 0.450. The summed E-state index contributed by atoms with van der Waals surface area (Å²) in [5.41, 5.74) is 0.579. The van der Waals surface area contributed by atoms with E-state index in [-0.39, 0.29) is 11.8 Å². The van der Waals surface area contributed by atoms with Crippen LogP contribution in [0, 0.1) is 29.4 Å². The second-order valence-corrected chi connectivity index (χ2v) is 6.10. The lowest BCUT2D eigenvalue weighted by atomic mass is 9.88. The van der Waals surface area contributed by atoms with Gasteiger partial charge in [-0.25, -0.2) is 8.78 Å². The first-order valence-corrected chi connectivity index (χ1v) is 7.34. The van der Waals surface area contributed by atoms with E-state index in [9.17, 15) is 13.6 Å². The molecule has 3 atom stereocenters. The van der Waals surface area contributed by atoms with Crippen molar-refractivity contribution >= 4 is 5.91 Å². The van der Waals surface area contributed by atoms with Crippen molar-refractivity contribution in [2.45, 2.75) is 32.1 Å². The SMILES string of the molecule is O=C(NCCc1cc(F)cc(F)c1)[C@@H]1C[C@H]2CC[C@H]1C2. The average Bonchev–Trinajstić information content (AvgIpc) is 2.99. The Balaban J connectivity index is 1.49. The van der Waals surface area contributed by atoms with Crippen molar-refractivity contribution in [2.75, 3.05) is 6.54 Å². The molecule has 2 fully saturated rings. The van der Waals surface area contributed by atoms with Gasteiger partial charge >= 0.3 is 0 Å². The molecule has 2 bridgehead atoms. The van der Waals surface area contributed by atoms with Gasteiger partial charge in [0.25, 0.3) is 0 Å². The first-order valence-electron chi connectivity index (χ1n) is 7.34. The van der Waals surface area contributed by atoms with E-state index in [1.54, 1.807) is 0 Å². The summed E-state index contributed by atoms with van der Waals surface area (Å²) >= 11 is 0. The average molecular weight is 279 g/mol. The molecule has 0 aliphatic heterocycles. The zero-order valence-electron chi connectivity index (χ0n) is 11.4. The monoisotopic (exact) mass is 279 g/mol. The number of benzene rings is 1. The van der Waals surface area contributed by atoms with E-state index < -0.39 is 11.6 Å². The zero-order chi connectivity index (χ0) is 14.1. The van der Waals surface area contributed by atoms with Crippen LogP contribution in [0.2, 0.25) is 0 Å². The van der Waals surface area contributed by atoms with Crippen LogP contribution in [0.15, 0.2) is 18.2 Å². The molecule has 108 valence electrons. The van der Waals surface area contributed by atoms with Crippen LogP contribution < -0.4 is 5.32 Å². The summed E-state index contributed by atoms with van der Waals surface area (Å²) in [5, 5.41) is 2.91. The van der Waals surface area contributed by atoms with Gasteiger partial charge in [0.2, 0.25) is 5.91 Å². The molecule has 1 aromatic carbocycles. The third-order valence-electron chi connectivity index (χ3n) is 4.71. The second kappa shape index (κ2) is 5.51. The highest BCUT2D eigenvalue weighted by atomic mass is 19.1. The van der Waals surface area contributed by atoms with E-state index in [1.807, 2.05) is 0 Å². The van der Waals surface area contributed by atoms with Gasteiger partial charge in [0.05, 0.1) is 0 Å². The molecule has 3 rings (SSSR count). The predicted molar refractivity (Wildman–Crippen MR) is 72.0 cm³/mol. The Morgan fingerprint density at radius 1 is 1.15 bits per heavy atom. The smallest absolute Gasteiger partial charge is 0.223 e. The van der Waals surface area contributed by atoms with Crippen molar-refractivity contribution in [2.24, 2.45) is 17.8 Å². The Bertz CT molecular complexity index is 497. The molecular formula is C16H19F2NO. The Kier molecular flexibility index (Phi) is 3.72. The Hall–Kier alpha value is -1.45. The van der Waals surface area contributed by atoms with Crippen LogP contribution in [0.25, 0.3) is 0 Å². The van der Waals surface area contributed by atoms with Gasteiger partial charge in [-0.15, -0.1) is 0 Å². The largest absolute Gasteiger partial charge is 0.356 e. The number of rotatable bonds is 4. The maximum absolute atomic E-state index is 13.0. The van der Waals surface area contributed by atoms with Gasteiger partial charge in [-0.3, -0.25) is 4.79 Å². The maximum Gasteiger partial charge on any atom is 0.223 e. The molecule has 2 aliphatic carbocycles. The fraction of sp³-hybridized carbons (Fsp3) is 0.562. The first kappa shape index (κ1) is 13.5. The minimum Gasteiger partial charge on any atom is -0.356 e. The van der Waals surface area contributed by atoms with Gasteiger partial charge in [0.1, 0.15) is 11.6 Å². The molecule has 2 nitrogen and oxygen atoms in total. The second-order valence-electron chi connectivity index (χ2n) is 6.10. The molecule has 1 aromatic rings. The summed E-state index contributed by atoms with van der Waals surface area (Å²) in [6, 6.07) is 3.48. The fourth-order valence-electron chi connectivity index (χ4n) is 3.78. The fourth-order valence-corrected chi connectivity index (χ4v) is 3.78. The maximum atomic E-state index is 13.0. The van der Waals surface area contributed by atoms with E-state index >= 15 is 0 Å². The third-order valence-corrected chi connectivity index (χ3v) is 4.71. The molecule has 0 unspecified atom stereocenters. The molecule has 4 heteroatoms. The van der Waals surface area contributed by atoms with Crippen molar-refractivity contribution in [3.63, 3.8) is 0 Å². The van der Waals surface area contributed by atoms with Gasteiger partial charge < -0.3 is 5.32 Å². The molecule has 0 heterocycles. The molecule has 0 radical (unpaired) electrons. The number of fused-ring (bicyclic) bond motifs is 2. The molecule has 1 N–H and O–H groups in total. The van der Waals surface area contributed by atoms with E-state index in [2.05, 4.69) is 5.32 Å². The summed E-state index contributed by atoms with van der Waals surface area (Å²) < 4.78 is 26.1. The molecule has 0 spiro atoms. The van der Waals surface area contributed by atoms with Gasteiger partial charge in [0, 0.05) is 18.5 Å².